The molecule has 0 aliphatic rings. The summed E-state index contributed by atoms with van der Waals surface area (Å²) in [6, 6.07) is 0. The van der Waals surface area contributed by atoms with Crippen molar-refractivity contribution in [2.75, 3.05) is 0 Å². The Morgan fingerprint density at radius 1 is 0.412 bits per heavy atom. The molecule has 0 atom stereocenters. The molecule has 5 heteroatoms. The summed E-state index contributed by atoms with van der Waals surface area (Å²) in [5, 5.41) is 0. The minimum absolute atomic E-state index is 0. The third-order valence-corrected chi connectivity index (χ3v) is 0. The molecule has 0 heterocycles. The van der Waals surface area contributed by atoms with E-state index in [-0.39, 0.29) is 40.2 Å². The van der Waals surface area contributed by atoms with Gasteiger partial charge in [-0.15, -0.1) is 0 Å². The number of hydrogen-bond acceptors (Lipinski definition) is 4. The van der Waals surface area contributed by atoms with Crippen LogP contribution in [0.3, 0.4) is 0 Å². The van der Waals surface area contributed by atoms with Crippen molar-refractivity contribution in [3.8, 4) is 0 Å². The molecular weight excluding hydrogens is 264 g/mol. The predicted molar refractivity (Wildman–Crippen MR) is 65.4 cm³/mol. The van der Waals surface area contributed by atoms with E-state index >= 15 is 0 Å². The van der Waals surface area contributed by atoms with Crippen molar-refractivity contribution in [3.63, 3.8) is 0 Å². The average Bonchev–Trinajstić information content (AvgIpc) is 1.76. The Labute approximate surface area is 115 Å². The first-order valence-corrected chi connectivity index (χ1v) is 4.82. The summed E-state index contributed by atoms with van der Waals surface area (Å²) in [6.07, 6.45) is 0. The van der Waals surface area contributed by atoms with E-state index in [4.69, 9.17) is 0 Å². The molecule has 0 saturated carbocycles. The van der Waals surface area contributed by atoms with Crippen LogP contribution in [-0.2, 0) is 36.2 Å². The molecule has 0 aliphatic carbocycles. The second kappa shape index (κ2) is 24.4. The topological polar surface area (TPSA) is 68.3 Å². The molecule has 0 saturated heterocycles. The van der Waals surface area contributed by atoms with Gasteiger partial charge in [0.15, 0.2) is 0 Å². The first kappa shape index (κ1) is 29.8. The summed E-state index contributed by atoms with van der Waals surface area (Å²) < 4.78 is 0. The van der Waals surface area contributed by atoms with Crippen LogP contribution in [0.1, 0.15) is 55.4 Å². The van der Waals surface area contributed by atoms with Crippen molar-refractivity contribution in [3.05, 3.63) is 0 Å². The molecule has 0 amide bonds. The van der Waals surface area contributed by atoms with E-state index in [1.54, 1.807) is 0 Å². The zero-order chi connectivity index (χ0) is 14.3. The smallest absolute Gasteiger partial charge is 0.300 e. The number of rotatable bonds is 0. The van der Waals surface area contributed by atoms with Gasteiger partial charge >= 0.3 is 17.1 Å². The number of Topliss-reactive ketones (excluding diaryl/α,β-unsaturated/α-hetero) is 4. The molecule has 0 aromatic heterocycles. The first-order valence-electron chi connectivity index (χ1n) is 4.82. The van der Waals surface area contributed by atoms with Gasteiger partial charge in [-0.3, -0.25) is 0 Å². The first-order chi connectivity index (χ1) is 6.93. The maximum Gasteiger partial charge on any atom is 2.00 e. The van der Waals surface area contributed by atoms with Crippen LogP contribution in [0.15, 0.2) is 0 Å². The molecule has 0 aliphatic heterocycles. The minimum Gasteiger partial charge on any atom is -0.300 e. The summed E-state index contributed by atoms with van der Waals surface area (Å²) in [7, 11) is 0. The molecule has 17 heavy (non-hydrogen) atoms. The SMILES string of the molecule is CC(C)=O.CC(C)=O.CC(C)=O.CC(C)=O.[Fe+2]. The van der Waals surface area contributed by atoms with Crippen LogP contribution >= 0.6 is 0 Å². The molecule has 102 valence electrons. The molecule has 0 fully saturated rings. The zero-order valence-corrected chi connectivity index (χ0v) is 13.1. The van der Waals surface area contributed by atoms with Crippen LogP contribution in [0.2, 0.25) is 0 Å². The molecule has 0 spiro atoms. The van der Waals surface area contributed by atoms with E-state index in [1.165, 1.54) is 55.4 Å². The van der Waals surface area contributed by atoms with Crippen LogP contribution < -0.4 is 0 Å². The van der Waals surface area contributed by atoms with Gasteiger partial charge in [0.05, 0.1) is 0 Å². The normalized spacial score (nSPS) is 6.12. The predicted octanol–water partition coefficient (Wildman–Crippen LogP) is 2.38. The van der Waals surface area contributed by atoms with Gasteiger partial charge in [-0.25, -0.2) is 0 Å². The monoisotopic (exact) mass is 288 g/mol. The second-order valence-electron chi connectivity index (χ2n) is 3.63. The Balaban J connectivity index is -0.0000000369. The van der Waals surface area contributed by atoms with Gasteiger partial charge in [0.2, 0.25) is 0 Å². The summed E-state index contributed by atoms with van der Waals surface area (Å²) in [6.45, 7) is 12.2. The third-order valence-electron chi connectivity index (χ3n) is 0. The van der Waals surface area contributed by atoms with Crippen molar-refractivity contribution in [1.29, 1.82) is 0 Å². The van der Waals surface area contributed by atoms with Crippen LogP contribution in [0.4, 0.5) is 0 Å². The van der Waals surface area contributed by atoms with Gasteiger partial charge in [0.1, 0.15) is 23.1 Å². The Hall–Kier alpha value is -0.801. The maximum absolute atomic E-state index is 9.44. The van der Waals surface area contributed by atoms with Crippen LogP contribution in [-0.4, -0.2) is 23.1 Å². The second-order valence-corrected chi connectivity index (χ2v) is 3.63. The summed E-state index contributed by atoms with van der Waals surface area (Å²) in [5.41, 5.74) is 0. The van der Waals surface area contributed by atoms with Crippen molar-refractivity contribution in [2.45, 2.75) is 55.4 Å². The Morgan fingerprint density at radius 2 is 0.412 bits per heavy atom. The van der Waals surface area contributed by atoms with E-state index in [0.717, 1.165) is 0 Å². The summed E-state index contributed by atoms with van der Waals surface area (Å²) in [5.74, 6) is 0.667. The van der Waals surface area contributed by atoms with E-state index in [9.17, 15) is 19.2 Å². The fourth-order valence-corrected chi connectivity index (χ4v) is 0. The van der Waals surface area contributed by atoms with Crippen LogP contribution in [0.5, 0.6) is 0 Å². The molecule has 0 N–H and O–H groups in total. The molecular formula is C12H24FeO4+2. The Morgan fingerprint density at radius 3 is 0.412 bits per heavy atom. The Kier molecular flexibility index (Phi) is 42.9. The van der Waals surface area contributed by atoms with Crippen molar-refractivity contribution < 1.29 is 36.2 Å². The van der Waals surface area contributed by atoms with Gasteiger partial charge < -0.3 is 19.2 Å². The van der Waals surface area contributed by atoms with Crippen LogP contribution in [0.25, 0.3) is 0 Å². The fraction of sp³-hybridized carbons (Fsp3) is 0.667. The summed E-state index contributed by atoms with van der Waals surface area (Å²) in [4.78, 5) is 37.8. The van der Waals surface area contributed by atoms with E-state index in [2.05, 4.69) is 0 Å². The fourth-order valence-electron chi connectivity index (χ4n) is 0. The van der Waals surface area contributed by atoms with Gasteiger partial charge in [0, 0.05) is 0 Å². The molecule has 0 aromatic carbocycles. The van der Waals surface area contributed by atoms with Gasteiger partial charge in [-0.2, -0.15) is 0 Å². The van der Waals surface area contributed by atoms with Gasteiger partial charge in [0.25, 0.3) is 0 Å². The van der Waals surface area contributed by atoms with E-state index in [0.29, 0.717) is 0 Å². The van der Waals surface area contributed by atoms with E-state index < -0.39 is 0 Å². The molecule has 0 bridgehead atoms. The minimum atomic E-state index is 0. The quantitative estimate of drug-likeness (QED) is 0.642. The zero-order valence-electron chi connectivity index (χ0n) is 12.0. The average molecular weight is 288 g/mol. The number of hydrogen-bond donors (Lipinski definition) is 0. The largest absolute Gasteiger partial charge is 2.00 e. The van der Waals surface area contributed by atoms with Crippen LogP contribution in [0, 0.1) is 0 Å². The maximum atomic E-state index is 9.44. The summed E-state index contributed by atoms with van der Waals surface area (Å²) >= 11 is 0. The number of ketones is 4. The van der Waals surface area contributed by atoms with Crippen molar-refractivity contribution in [1.82, 2.24) is 0 Å². The Bertz CT molecular complexity index is 159. The van der Waals surface area contributed by atoms with E-state index in [1.807, 2.05) is 0 Å². The van der Waals surface area contributed by atoms with Crippen molar-refractivity contribution in [2.24, 2.45) is 0 Å². The van der Waals surface area contributed by atoms with Gasteiger partial charge in [-0.1, -0.05) is 0 Å². The number of carbonyl (C=O) groups excluding carboxylic acids is 4. The molecule has 0 unspecified atom stereocenters. The van der Waals surface area contributed by atoms with Gasteiger partial charge in [-0.05, 0) is 55.4 Å². The third kappa shape index (κ3) is 4130. The van der Waals surface area contributed by atoms with Crippen molar-refractivity contribution >= 4 is 23.1 Å². The molecule has 0 radical (unpaired) electrons. The molecule has 0 aromatic rings. The molecule has 0 rings (SSSR count). The standard InChI is InChI=1S/4C3H6O.Fe/c4*1-3(2)4;/h4*1-2H3;/q;;;;+2. The molecule has 4 nitrogen and oxygen atoms in total. The number of carbonyl (C=O) groups is 4.